The number of hydrogen-bond acceptors (Lipinski definition) is 4. The first-order valence-electron chi connectivity index (χ1n) is 5.96. The molecule has 0 amide bonds. The van der Waals surface area contributed by atoms with Gasteiger partial charge in [0, 0.05) is 11.8 Å². The molecule has 0 bridgehead atoms. The van der Waals surface area contributed by atoms with Crippen molar-refractivity contribution in [1.82, 2.24) is 0 Å². The Morgan fingerprint density at radius 2 is 1.85 bits per heavy atom. The average molecular weight is 292 g/mol. The van der Waals surface area contributed by atoms with Crippen molar-refractivity contribution in [2.45, 2.75) is 11.8 Å². The first-order chi connectivity index (χ1) is 9.44. The van der Waals surface area contributed by atoms with E-state index in [4.69, 9.17) is 10.5 Å². The molecule has 2 rings (SSSR count). The lowest BCUT2D eigenvalue weighted by molar-refractivity contribution is 0.413. The quantitative estimate of drug-likeness (QED) is 0.848. The first-order valence-corrected chi connectivity index (χ1v) is 7.44. The van der Waals surface area contributed by atoms with E-state index in [1.807, 2.05) is 0 Å². The normalized spacial score (nSPS) is 11.1. The average Bonchev–Trinajstić information content (AvgIpc) is 2.44. The fourth-order valence-electron chi connectivity index (χ4n) is 1.74. The van der Waals surface area contributed by atoms with Crippen molar-refractivity contribution in [3.8, 4) is 5.75 Å². The fourth-order valence-corrected chi connectivity index (χ4v) is 2.89. The summed E-state index contributed by atoms with van der Waals surface area (Å²) < 4.78 is 32.2. The van der Waals surface area contributed by atoms with E-state index in [1.54, 1.807) is 37.3 Å². The summed E-state index contributed by atoms with van der Waals surface area (Å²) in [6.45, 7) is 1.76. The number of benzene rings is 2. The van der Waals surface area contributed by atoms with Crippen LogP contribution in [0.4, 0.5) is 11.4 Å². The maximum absolute atomic E-state index is 12.3. The predicted octanol–water partition coefficient (Wildman–Crippen LogP) is 2.39. The molecule has 20 heavy (non-hydrogen) atoms. The molecule has 0 aromatic heterocycles. The molecule has 0 saturated carbocycles. The maximum atomic E-state index is 12.3. The number of methoxy groups -OCH3 is 1. The highest BCUT2D eigenvalue weighted by Crippen LogP contribution is 2.25. The molecule has 0 fully saturated rings. The minimum atomic E-state index is -3.67. The van der Waals surface area contributed by atoms with Gasteiger partial charge in [-0.3, -0.25) is 4.72 Å². The Morgan fingerprint density at radius 1 is 1.15 bits per heavy atom. The van der Waals surface area contributed by atoms with Crippen molar-refractivity contribution in [3.63, 3.8) is 0 Å². The van der Waals surface area contributed by atoms with E-state index in [2.05, 4.69) is 4.72 Å². The van der Waals surface area contributed by atoms with Crippen LogP contribution in [0, 0.1) is 6.92 Å². The topological polar surface area (TPSA) is 81.4 Å². The molecule has 3 N–H and O–H groups in total. The van der Waals surface area contributed by atoms with Crippen molar-refractivity contribution in [2.75, 3.05) is 17.6 Å². The Balaban J connectivity index is 2.38. The third-order valence-corrected chi connectivity index (χ3v) is 4.33. The van der Waals surface area contributed by atoms with Crippen LogP contribution in [0.5, 0.6) is 5.75 Å². The van der Waals surface area contributed by atoms with Crippen LogP contribution in [-0.2, 0) is 10.0 Å². The smallest absolute Gasteiger partial charge is 0.262 e. The summed E-state index contributed by atoms with van der Waals surface area (Å²) in [6.07, 6.45) is 0. The van der Waals surface area contributed by atoms with Gasteiger partial charge in [-0.05, 0) is 36.8 Å². The minimum absolute atomic E-state index is 0.138. The number of hydrogen-bond donors (Lipinski definition) is 2. The number of anilines is 2. The highest BCUT2D eigenvalue weighted by Gasteiger charge is 2.16. The molecule has 0 spiro atoms. The zero-order valence-corrected chi connectivity index (χ0v) is 12.1. The molecule has 0 atom stereocenters. The number of ether oxygens (including phenoxy) is 1. The Hall–Kier alpha value is -2.21. The van der Waals surface area contributed by atoms with E-state index in [1.165, 1.54) is 19.2 Å². The van der Waals surface area contributed by atoms with Crippen LogP contribution in [0.1, 0.15) is 5.56 Å². The van der Waals surface area contributed by atoms with Crippen LogP contribution in [0.3, 0.4) is 0 Å². The van der Waals surface area contributed by atoms with Gasteiger partial charge in [-0.25, -0.2) is 8.42 Å². The molecule has 5 nitrogen and oxygen atoms in total. The van der Waals surface area contributed by atoms with Crippen LogP contribution in [0.15, 0.2) is 47.4 Å². The van der Waals surface area contributed by atoms with E-state index < -0.39 is 10.0 Å². The number of nitrogens with two attached hydrogens (primary N) is 1. The van der Waals surface area contributed by atoms with Gasteiger partial charge in [-0.1, -0.05) is 12.1 Å². The molecule has 0 unspecified atom stereocenters. The molecule has 2 aromatic carbocycles. The lowest BCUT2D eigenvalue weighted by Crippen LogP contribution is -2.14. The van der Waals surface area contributed by atoms with Gasteiger partial charge in [-0.2, -0.15) is 0 Å². The summed E-state index contributed by atoms with van der Waals surface area (Å²) in [5.41, 5.74) is 7.47. The van der Waals surface area contributed by atoms with Gasteiger partial charge in [0.1, 0.15) is 5.75 Å². The lowest BCUT2D eigenvalue weighted by Gasteiger charge is -2.12. The molecule has 0 aliphatic heterocycles. The van der Waals surface area contributed by atoms with Crippen LogP contribution in [-0.4, -0.2) is 15.5 Å². The van der Waals surface area contributed by atoms with Crippen molar-refractivity contribution < 1.29 is 13.2 Å². The summed E-state index contributed by atoms with van der Waals surface area (Å²) >= 11 is 0. The SMILES string of the molecule is COc1cccc(S(=O)(=O)Nc2cccc(N)c2C)c1. The highest BCUT2D eigenvalue weighted by molar-refractivity contribution is 7.92. The van der Waals surface area contributed by atoms with Crippen molar-refractivity contribution >= 4 is 21.4 Å². The summed E-state index contributed by atoms with van der Waals surface area (Å²) in [4.78, 5) is 0.138. The molecular weight excluding hydrogens is 276 g/mol. The van der Waals surface area contributed by atoms with Crippen LogP contribution in [0.25, 0.3) is 0 Å². The van der Waals surface area contributed by atoms with Crippen LogP contribution >= 0.6 is 0 Å². The molecule has 6 heteroatoms. The van der Waals surface area contributed by atoms with Crippen LogP contribution in [0.2, 0.25) is 0 Å². The van der Waals surface area contributed by atoms with Crippen molar-refractivity contribution in [3.05, 3.63) is 48.0 Å². The zero-order valence-electron chi connectivity index (χ0n) is 11.3. The van der Waals surface area contributed by atoms with E-state index in [9.17, 15) is 8.42 Å². The summed E-state index contributed by atoms with van der Waals surface area (Å²) in [6, 6.07) is 11.4. The largest absolute Gasteiger partial charge is 0.497 e. The minimum Gasteiger partial charge on any atom is -0.497 e. The Kier molecular flexibility index (Phi) is 3.85. The highest BCUT2D eigenvalue weighted by atomic mass is 32.2. The lowest BCUT2D eigenvalue weighted by atomic mass is 10.2. The van der Waals surface area contributed by atoms with Gasteiger partial charge in [0.2, 0.25) is 0 Å². The molecular formula is C14H16N2O3S. The van der Waals surface area contributed by atoms with Crippen molar-refractivity contribution in [1.29, 1.82) is 0 Å². The number of sulfonamides is 1. The standard InChI is InChI=1S/C14H16N2O3S/c1-10-13(15)7-4-8-14(10)16-20(17,18)12-6-3-5-11(9-12)19-2/h3-9,16H,15H2,1-2H3. The Morgan fingerprint density at radius 3 is 2.55 bits per heavy atom. The second-order valence-electron chi connectivity index (χ2n) is 4.30. The van der Waals surface area contributed by atoms with Crippen molar-refractivity contribution in [2.24, 2.45) is 0 Å². The van der Waals surface area contributed by atoms with E-state index in [-0.39, 0.29) is 4.90 Å². The molecule has 106 valence electrons. The second-order valence-corrected chi connectivity index (χ2v) is 5.99. The number of nitrogen functional groups attached to an aromatic ring is 1. The molecule has 0 radical (unpaired) electrons. The summed E-state index contributed by atoms with van der Waals surface area (Å²) in [5, 5.41) is 0. The zero-order chi connectivity index (χ0) is 14.8. The molecule has 2 aromatic rings. The Bertz CT molecular complexity index is 727. The summed E-state index contributed by atoms with van der Waals surface area (Å²) in [5.74, 6) is 0.483. The van der Waals surface area contributed by atoms with E-state index in [0.717, 1.165) is 0 Å². The molecule has 0 saturated heterocycles. The third-order valence-electron chi connectivity index (χ3n) is 2.97. The van der Waals surface area contributed by atoms with E-state index >= 15 is 0 Å². The third kappa shape index (κ3) is 2.85. The molecule has 0 aliphatic carbocycles. The summed E-state index contributed by atoms with van der Waals surface area (Å²) in [7, 11) is -2.18. The number of nitrogens with one attached hydrogen (secondary N) is 1. The predicted molar refractivity (Wildman–Crippen MR) is 79.4 cm³/mol. The Labute approximate surface area is 118 Å². The second kappa shape index (κ2) is 5.42. The van der Waals surface area contributed by atoms with E-state index in [0.29, 0.717) is 22.7 Å². The van der Waals surface area contributed by atoms with Gasteiger partial charge >= 0.3 is 0 Å². The molecule has 0 aliphatic rings. The van der Waals surface area contributed by atoms with Gasteiger partial charge in [0.25, 0.3) is 10.0 Å². The van der Waals surface area contributed by atoms with Gasteiger partial charge in [-0.15, -0.1) is 0 Å². The first kappa shape index (κ1) is 14.2. The van der Waals surface area contributed by atoms with Crippen LogP contribution < -0.4 is 15.2 Å². The maximum Gasteiger partial charge on any atom is 0.262 e. The van der Waals surface area contributed by atoms with Gasteiger partial charge < -0.3 is 10.5 Å². The fraction of sp³-hybridized carbons (Fsp3) is 0.143. The number of rotatable bonds is 4. The molecule has 0 heterocycles. The van der Waals surface area contributed by atoms with Gasteiger partial charge in [0.05, 0.1) is 17.7 Å². The monoisotopic (exact) mass is 292 g/mol. The van der Waals surface area contributed by atoms with Gasteiger partial charge in [0.15, 0.2) is 0 Å².